The molecular weight excluding hydrogens is 758 g/mol. The number of hydrogen-bond donors (Lipinski definition) is 8. The van der Waals surface area contributed by atoms with Crippen LogP contribution in [-0.2, 0) is 45.8 Å². The van der Waals surface area contributed by atoms with Gasteiger partial charge in [-0.25, -0.2) is 39.8 Å². The maximum Gasteiger partial charge on any atom is 0.417 e. The van der Waals surface area contributed by atoms with E-state index in [1.807, 2.05) is 0 Å². The molecule has 0 spiro atoms. The van der Waals surface area contributed by atoms with Crippen LogP contribution in [0.15, 0.2) is 51.4 Å². The monoisotopic (exact) mass is 786 g/mol. The molecular formula is C25H29F3N8O12S3. The van der Waals surface area contributed by atoms with E-state index in [9.17, 15) is 67.8 Å². The number of nitrogens with two attached hydrogens (primary N) is 1. The fraction of sp³-hybridized carbons (Fsp3) is 0.200. The number of hydrogen-bond acceptors (Lipinski definition) is 15. The predicted molar refractivity (Wildman–Crippen MR) is 172 cm³/mol. The Morgan fingerprint density at radius 2 is 1.39 bits per heavy atom. The Balaban J connectivity index is 0.000000347. The van der Waals surface area contributed by atoms with Crippen LogP contribution in [0.2, 0.25) is 0 Å². The van der Waals surface area contributed by atoms with Gasteiger partial charge in [0.15, 0.2) is 11.5 Å². The number of rotatable bonds is 7. The van der Waals surface area contributed by atoms with Gasteiger partial charge < -0.3 is 36.8 Å². The number of nitrogens with one attached hydrogen (secondary N) is 4. The minimum Gasteiger partial charge on any atom is -0.505 e. The lowest BCUT2D eigenvalue weighted by Gasteiger charge is -2.19. The Labute approximate surface area is 287 Å². The second-order valence-corrected chi connectivity index (χ2v) is 15.3. The van der Waals surface area contributed by atoms with E-state index in [1.165, 1.54) is 56.0 Å². The van der Waals surface area contributed by atoms with Gasteiger partial charge in [-0.05, 0) is 24.3 Å². The molecule has 0 aromatic heterocycles. The van der Waals surface area contributed by atoms with Crippen molar-refractivity contribution in [1.29, 1.82) is 0 Å². The van der Waals surface area contributed by atoms with E-state index in [-0.39, 0.29) is 17.4 Å². The van der Waals surface area contributed by atoms with E-state index in [0.717, 1.165) is 11.0 Å². The molecule has 2 aromatic carbocycles. The van der Waals surface area contributed by atoms with Crippen LogP contribution in [0, 0.1) is 0 Å². The van der Waals surface area contributed by atoms with E-state index in [4.69, 9.17) is 5.14 Å². The zero-order chi connectivity index (χ0) is 38.3. The number of benzene rings is 2. The average molecular weight is 787 g/mol. The summed E-state index contributed by atoms with van der Waals surface area (Å²) in [6.45, 7) is 0. The van der Waals surface area contributed by atoms with Gasteiger partial charge in [-0.15, -0.1) is 0 Å². The number of carbonyl (C=O) groups is 4. The van der Waals surface area contributed by atoms with Gasteiger partial charge in [0.05, 0.1) is 33.5 Å². The molecule has 0 saturated carbocycles. The molecule has 4 amide bonds. The third-order valence-electron chi connectivity index (χ3n) is 6.22. The predicted octanol–water partition coefficient (Wildman–Crippen LogP) is -0.589. The molecule has 26 heteroatoms. The molecule has 2 aliphatic rings. The molecule has 280 valence electrons. The van der Waals surface area contributed by atoms with Gasteiger partial charge in [0, 0.05) is 28.2 Å². The number of primary sulfonamides is 1. The maximum absolute atomic E-state index is 13.1. The lowest BCUT2D eigenvalue weighted by molar-refractivity contribution is -0.138. The number of halogens is 3. The highest BCUT2D eigenvalue weighted by molar-refractivity contribution is 8.13. The molecule has 2 heterocycles. The number of para-hydroxylation sites is 1. The number of nitrogens with zero attached hydrogens (tertiary/aromatic N) is 2. The highest BCUT2D eigenvalue weighted by Crippen LogP contribution is 2.40. The summed E-state index contributed by atoms with van der Waals surface area (Å²) < 4.78 is 110. The number of amides is 4. The first-order valence-electron chi connectivity index (χ1n) is 13.0. The quantitative estimate of drug-likeness (QED) is 0.163. The summed E-state index contributed by atoms with van der Waals surface area (Å²) in [5.74, 6) is -5.67. The van der Waals surface area contributed by atoms with Gasteiger partial charge >= 0.3 is 6.18 Å². The number of sulfonamides is 3. The Hall–Kier alpha value is -5.44. The molecule has 11 N–H and O–H groups in total. The zero-order valence-electron chi connectivity index (χ0n) is 26.5. The fourth-order valence-corrected chi connectivity index (χ4v) is 7.60. The largest absolute Gasteiger partial charge is 0.505 e. The van der Waals surface area contributed by atoms with Gasteiger partial charge in [-0.3, -0.25) is 19.2 Å². The van der Waals surface area contributed by atoms with Gasteiger partial charge in [-0.2, -0.15) is 13.2 Å². The molecule has 20 nitrogen and oxygen atoms in total. The first-order valence-corrected chi connectivity index (χ1v) is 17.6. The van der Waals surface area contributed by atoms with Crippen LogP contribution in [0.4, 0.5) is 24.5 Å². The summed E-state index contributed by atoms with van der Waals surface area (Å²) in [7, 11) is -8.17. The minimum absolute atomic E-state index is 0. The van der Waals surface area contributed by atoms with Crippen molar-refractivity contribution in [2.45, 2.75) is 6.18 Å². The van der Waals surface area contributed by atoms with Crippen molar-refractivity contribution in [2.24, 2.45) is 5.14 Å². The fourth-order valence-electron chi connectivity index (χ4n) is 4.06. The number of phenols is 2. The van der Waals surface area contributed by atoms with Crippen molar-refractivity contribution in [3.05, 3.63) is 68.1 Å². The van der Waals surface area contributed by atoms with Crippen molar-refractivity contribution >= 4 is 65.1 Å². The summed E-state index contributed by atoms with van der Waals surface area (Å²) in [4.78, 5) is 49.3. The van der Waals surface area contributed by atoms with Crippen LogP contribution in [-0.4, -0.2) is 97.1 Å². The SMILES string of the molecule is CN(C)C(=O)c1c(C(F)(F)F)ccc(NC2=CS(=O)(=O)NC2=O)c1O.CN(C)C(=O)c1cccc(NC2=C(S(N)(=O)=O)S(=O)(=O)NC2=O)c1O.N. The smallest absolute Gasteiger partial charge is 0.417 e. The number of phenolic OH excluding ortho intramolecular Hbond substituents is 2. The minimum atomic E-state index is -4.91. The standard InChI is InChI=1S/C13H12F3N3O5S.C12H14N4O7S2.H3N/c1-19(2)12(22)9-6(13(14,15)16)3-4-7(10(9)20)17-8-5-25(23,24)18-11(8)21;1-16(2)11(19)6-4-3-5-7(9(6)17)14-8-10(18)15-25(22,23)12(8)24(13,20)21;/h3-5,17,20H,1-2H3,(H,18,21);3-5,14,17H,1-2H3,(H,15,18)(H2,13,20,21);1H3. The van der Waals surface area contributed by atoms with Gasteiger partial charge in [0.2, 0.25) is 4.24 Å². The Morgan fingerprint density at radius 1 is 0.843 bits per heavy atom. The number of carbonyl (C=O) groups excluding carboxylic acids is 4. The lowest BCUT2D eigenvalue weighted by Crippen LogP contribution is -2.27. The van der Waals surface area contributed by atoms with Crippen molar-refractivity contribution in [2.75, 3.05) is 38.8 Å². The van der Waals surface area contributed by atoms with Crippen molar-refractivity contribution in [1.82, 2.24) is 25.4 Å². The van der Waals surface area contributed by atoms with Gasteiger partial charge in [-0.1, -0.05) is 6.07 Å². The van der Waals surface area contributed by atoms with Crippen LogP contribution >= 0.6 is 0 Å². The molecule has 0 atom stereocenters. The topological polar surface area (TPSA) is 327 Å². The van der Waals surface area contributed by atoms with E-state index < -0.39 is 104 Å². The first kappa shape index (κ1) is 41.7. The van der Waals surface area contributed by atoms with E-state index in [2.05, 4.69) is 10.6 Å². The maximum atomic E-state index is 13.1. The molecule has 4 rings (SSSR count). The summed E-state index contributed by atoms with van der Waals surface area (Å²) in [6, 6.07) is 5.18. The number of aromatic hydroxyl groups is 2. The molecule has 0 radical (unpaired) electrons. The zero-order valence-corrected chi connectivity index (χ0v) is 28.9. The third kappa shape index (κ3) is 9.03. The molecule has 0 fully saturated rings. The number of anilines is 2. The average Bonchev–Trinajstić information content (AvgIpc) is 3.36. The lowest BCUT2D eigenvalue weighted by atomic mass is 10.0. The summed E-state index contributed by atoms with van der Waals surface area (Å²) >= 11 is 0. The Bertz CT molecular complexity index is 2220. The van der Waals surface area contributed by atoms with E-state index >= 15 is 0 Å². The van der Waals surface area contributed by atoms with E-state index in [0.29, 0.717) is 11.5 Å². The first-order chi connectivity index (χ1) is 22.7. The normalized spacial score (nSPS) is 16.0. The second-order valence-electron chi connectivity index (χ2n) is 10.4. The molecule has 0 bridgehead atoms. The van der Waals surface area contributed by atoms with Crippen molar-refractivity contribution in [3.8, 4) is 11.5 Å². The van der Waals surface area contributed by atoms with Crippen LogP contribution < -0.4 is 31.4 Å². The summed E-state index contributed by atoms with van der Waals surface area (Å²) in [5.41, 5.74) is -4.62. The molecule has 2 aliphatic heterocycles. The van der Waals surface area contributed by atoms with Crippen molar-refractivity contribution < 1.29 is 67.8 Å². The second kappa shape index (κ2) is 14.4. The highest BCUT2D eigenvalue weighted by Gasteiger charge is 2.43. The third-order valence-corrected chi connectivity index (χ3v) is 10.5. The molecule has 51 heavy (non-hydrogen) atoms. The number of alkyl halides is 3. The molecule has 0 aliphatic carbocycles. The summed E-state index contributed by atoms with van der Waals surface area (Å²) in [6.07, 6.45) is -4.91. The van der Waals surface area contributed by atoms with Crippen LogP contribution in [0.3, 0.4) is 0 Å². The van der Waals surface area contributed by atoms with Crippen LogP contribution in [0.25, 0.3) is 0 Å². The van der Waals surface area contributed by atoms with Gasteiger partial charge in [0.1, 0.15) is 11.4 Å². The van der Waals surface area contributed by atoms with Crippen LogP contribution in [0.1, 0.15) is 26.3 Å². The van der Waals surface area contributed by atoms with Gasteiger partial charge in [0.25, 0.3) is 53.7 Å². The Morgan fingerprint density at radius 3 is 1.86 bits per heavy atom. The summed E-state index contributed by atoms with van der Waals surface area (Å²) in [5, 5.41) is 30.1. The molecule has 0 unspecified atom stereocenters. The molecule has 2 aromatic rings. The Kier molecular flexibility index (Phi) is 11.8. The molecule has 0 saturated heterocycles. The van der Waals surface area contributed by atoms with E-state index in [1.54, 1.807) is 4.72 Å². The van der Waals surface area contributed by atoms with Crippen molar-refractivity contribution in [3.63, 3.8) is 0 Å². The highest BCUT2D eigenvalue weighted by atomic mass is 32.3. The van der Waals surface area contributed by atoms with Crippen LogP contribution in [0.5, 0.6) is 11.5 Å².